The first-order valence-corrected chi connectivity index (χ1v) is 8.13. The first-order valence-electron chi connectivity index (χ1n) is 7.37. The fraction of sp³-hybridized carbons (Fsp3) is 0.176. The molecule has 0 bridgehead atoms. The van der Waals surface area contributed by atoms with E-state index in [-0.39, 0.29) is 32.7 Å². The van der Waals surface area contributed by atoms with Crippen molar-refractivity contribution in [1.29, 1.82) is 0 Å². The Morgan fingerprint density at radius 3 is 1.93 bits per heavy atom. The summed E-state index contributed by atoms with van der Waals surface area (Å²) in [6.45, 7) is 0. The summed E-state index contributed by atoms with van der Waals surface area (Å²) < 4.78 is 29.0. The molecule has 0 radical (unpaired) electrons. The molecule has 2 N–H and O–H groups in total. The van der Waals surface area contributed by atoms with Crippen LogP contribution in [0, 0.1) is 5.82 Å². The van der Waals surface area contributed by atoms with Crippen molar-refractivity contribution in [3.63, 3.8) is 0 Å². The zero-order chi connectivity index (χ0) is 20.1. The predicted molar refractivity (Wildman–Crippen MR) is 97.5 cm³/mol. The van der Waals surface area contributed by atoms with Crippen LogP contribution < -0.4 is 25.1 Å². The summed E-state index contributed by atoms with van der Waals surface area (Å²) in [5.41, 5.74) is 4.27. The van der Waals surface area contributed by atoms with Crippen molar-refractivity contribution in [3.8, 4) is 17.2 Å². The second-order valence-electron chi connectivity index (χ2n) is 5.07. The third-order valence-electron chi connectivity index (χ3n) is 3.47. The van der Waals surface area contributed by atoms with Crippen LogP contribution in [0.1, 0.15) is 20.7 Å². The smallest absolute Gasteiger partial charge is 0.271 e. The molecule has 2 amide bonds. The summed E-state index contributed by atoms with van der Waals surface area (Å²) in [6, 6.07) is 4.76. The highest BCUT2D eigenvalue weighted by molar-refractivity contribution is 6.36. The molecule has 2 rings (SSSR count). The van der Waals surface area contributed by atoms with Crippen LogP contribution in [-0.4, -0.2) is 33.1 Å². The van der Waals surface area contributed by atoms with Gasteiger partial charge in [-0.15, -0.1) is 0 Å². The summed E-state index contributed by atoms with van der Waals surface area (Å²) in [5.74, 6) is -1.48. The molecule has 0 aliphatic heterocycles. The Hall–Kier alpha value is -2.71. The van der Waals surface area contributed by atoms with Crippen molar-refractivity contribution in [3.05, 3.63) is 51.3 Å². The Bertz CT molecular complexity index is 867. The van der Waals surface area contributed by atoms with Gasteiger partial charge in [-0.1, -0.05) is 23.2 Å². The molecular weight excluding hydrogens is 402 g/mol. The van der Waals surface area contributed by atoms with Crippen molar-refractivity contribution in [2.45, 2.75) is 0 Å². The van der Waals surface area contributed by atoms with E-state index in [1.165, 1.54) is 33.5 Å². The molecular formula is C17H15Cl2FN2O5. The topological polar surface area (TPSA) is 85.9 Å². The summed E-state index contributed by atoms with van der Waals surface area (Å²) in [4.78, 5) is 24.4. The van der Waals surface area contributed by atoms with Gasteiger partial charge in [0.15, 0.2) is 11.5 Å². The van der Waals surface area contributed by atoms with E-state index in [2.05, 4.69) is 10.9 Å². The van der Waals surface area contributed by atoms with E-state index in [1.54, 1.807) is 0 Å². The minimum absolute atomic E-state index is 0.0686. The second kappa shape index (κ2) is 8.79. The number of halogens is 3. The van der Waals surface area contributed by atoms with Gasteiger partial charge in [0.25, 0.3) is 11.8 Å². The van der Waals surface area contributed by atoms with E-state index in [0.29, 0.717) is 5.75 Å². The van der Waals surface area contributed by atoms with E-state index in [9.17, 15) is 14.0 Å². The number of carbonyl (C=O) groups is 2. The largest absolute Gasteiger partial charge is 0.493 e. The van der Waals surface area contributed by atoms with Crippen LogP contribution in [0.2, 0.25) is 10.0 Å². The van der Waals surface area contributed by atoms with Crippen LogP contribution in [-0.2, 0) is 0 Å². The van der Waals surface area contributed by atoms with Crippen molar-refractivity contribution >= 4 is 35.0 Å². The third-order valence-corrected chi connectivity index (χ3v) is 4.07. The highest BCUT2D eigenvalue weighted by Gasteiger charge is 2.19. The Morgan fingerprint density at radius 1 is 0.852 bits per heavy atom. The maximum Gasteiger partial charge on any atom is 0.271 e. The number of hydrogen-bond donors (Lipinski definition) is 2. The molecule has 0 aliphatic rings. The second-order valence-corrected chi connectivity index (χ2v) is 5.88. The molecule has 0 saturated heterocycles. The number of hydrogen-bond acceptors (Lipinski definition) is 5. The average Bonchev–Trinajstić information content (AvgIpc) is 2.67. The fourth-order valence-electron chi connectivity index (χ4n) is 2.16. The molecule has 0 heterocycles. The average molecular weight is 417 g/mol. The predicted octanol–water partition coefficient (Wildman–Crippen LogP) is 3.23. The van der Waals surface area contributed by atoms with Gasteiger partial charge in [-0.2, -0.15) is 0 Å². The SMILES string of the molecule is COc1cc(C(=O)NNC(=O)c2cc(F)c(Cl)cc2Cl)cc(OC)c1OC. The molecule has 0 atom stereocenters. The number of hydrazine groups is 1. The number of benzene rings is 2. The Labute approximate surface area is 164 Å². The summed E-state index contributed by atoms with van der Waals surface area (Å²) in [5, 5.41) is -0.293. The Morgan fingerprint density at radius 2 is 1.41 bits per heavy atom. The summed E-state index contributed by atoms with van der Waals surface area (Å²) in [6.07, 6.45) is 0. The number of amides is 2. The molecule has 27 heavy (non-hydrogen) atoms. The molecule has 0 spiro atoms. The number of carbonyl (C=O) groups excluding carboxylic acids is 2. The van der Waals surface area contributed by atoms with Gasteiger partial charge in [0.05, 0.1) is 36.9 Å². The molecule has 0 aromatic heterocycles. The zero-order valence-electron chi connectivity index (χ0n) is 14.5. The molecule has 0 fully saturated rings. The lowest BCUT2D eigenvalue weighted by molar-refractivity contribution is 0.0846. The normalized spacial score (nSPS) is 10.1. The van der Waals surface area contributed by atoms with Crippen LogP contribution in [0.3, 0.4) is 0 Å². The van der Waals surface area contributed by atoms with Gasteiger partial charge in [-0.05, 0) is 24.3 Å². The number of ether oxygens (including phenoxy) is 3. The first-order chi connectivity index (χ1) is 12.8. The van der Waals surface area contributed by atoms with Gasteiger partial charge in [-0.3, -0.25) is 20.4 Å². The summed E-state index contributed by atoms with van der Waals surface area (Å²) in [7, 11) is 4.23. The van der Waals surface area contributed by atoms with Crippen LogP contribution in [0.5, 0.6) is 17.2 Å². The third kappa shape index (κ3) is 4.53. The van der Waals surface area contributed by atoms with Gasteiger partial charge in [-0.25, -0.2) is 4.39 Å². The first kappa shape index (κ1) is 20.6. The minimum atomic E-state index is -0.823. The van der Waals surface area contributed by atoms with E-state index in [1.807, 2.05) is 0 Å². The van der Waals surface area contributed by atoms with E-state index >= 15 is 0 Å². The molecule has 10 heteroatoms. The Balaban J connectivity index is 2.18. The fourth-order valence-corrected chi connectivity index (χ4v) is 2.63. The van der Waals surface area contributed by atoms with E-state index < -0.39 is 17.6 Å². The standard InChI is InChI=1S/C17H15Cl2FN2O5/c1-25-13-4-8(5-14(26-2)15(13)27-3)16(23)21-22-17(24)9-6-12(20)11(19)7-10(9)18/h4-7H,1-3H3,(H,21,23)(H,22,24). The van der Waals surface area contributed by atoms with E-state index in [0.717, 1.165) is 12.1 Å². The van der Waals surface area contributed by atoms with Crippen molar-refractivity contribution < 1.29 is 28.2 Å². The number of nitrogens with one attached hydrogen (secondary N) is 2. The lowest BCUT2D eigenvalue weighted by atomic mass is 10.1. The maximum atomic E-state index is 13.5. The van der Waals surface area contributed by atoms with E-state index in [4.69, 9.17) is 37.4 Å². The quantitative estimate of drug-likeness (QED) is 0.577. The van der Waals surface area contributed by atoms with Crippen LogP contribution in [0.25, 0.3) is 0 Å². The highest BCUT2D eigenvalue weighted by Crippen LogP contribution is 2.38. The Kier molecular flexibility index (Phi) is 6.70. The van der Waals surface area contributed by atoms with Crippen LogP contribution in [0.15, 0.2) is 24.3 Å². The van der Waals surface area contributed by atoms with Gasteiger partial charge in [0.1, 0.15) is 5.82 Å². The number of methoxy groups -OCH3 is 3. The molecule has 2 aromatic rings. The van der Waals surface area contributed by atoms with Gasteiger partial charge in [0.2, 0.25) is 5.75 Å². The van der Waals surface area contributed by atoms with Gasteiger partial charge < -0.3 is 14.2 Å². The van der Waals surface area contributed by atoms with Crippen molar-refractivity contribution in [2.75, 3.05) is 21.3 Å². The molecule has 2 aromatic carbocycles. The van der Waals surface area contributed by atoms with Crippen molar-refractivity contribution in [1.82, 2.24) is 10.9 Å². The monoisotopic (exact) mass is 416 g/mol. The van der Waals surface area contributed by atoms with Crippen molar-refractivity contribution in [2.24, 2.45) is 0 Å². The lowest BCUT2D eigenvalue weighted by Gasteiger charge is -2.14. The van der Waals surface area contributed by atoms with Gasteiger partial charge >= 0.3 is 0 Å². The summed E-state index contributed by atoms with van der Waals surface area (Å²) >= 11 is 11.5. The molecule has 0 aliphatic carbocycles. The molecule has 0 unspecified atom stereocenters. The minimum Gasteiger partial charge on any atom is -0.493 e. The van der Waals surface area contributed by atoms with Crippen LogP contribution in [0.4, 0.5) is 4.39 Å². The maximum absolute atomic E-state index is 13.5. The number of rotatable bonds is 5. The van der Waals surface area contributed by atoms with Gasteiger partial charge in [0, 0.05) is 5.56 Å². The molecule has 7 nitrogen and oxygen atoms in total. The zero-order valence-corrected chi connectivity index (χ0v) is 16.0. The highest BCUT2D eigenvalue weighted by atomic mass is 35.5. The lowest BCUT2D eigenvalue weighted by Crippen LogP contribution is -2.41. The van der Waals surface area contributed by atoms with Crippen LogP contribution >= 0.6 is 23.2 Å². The molecule has 0 saturated carbocycles. The molecule has 144 valence electrons.